The van der Waals surface area contributed by atoms with E-state index in [0.29, 0.717) is 6.61 Å². The second-order valence-corrected chi connectivity index (χ2v) is 3.49. The molecule has 1 aromatic carbocycles. The maximum atomic E-state index is 12.7. The van der Waals surface area contributed by atoms with Crippen molar-refractivity contribution in [3.05, 3.63) is 23.3 Å². The molecule has 1 aromatic rings. The molecule has 94 valence electrons. The fraction of sp³-hybridized carbons (Fsp3) is 0.400. The summed E-state index contributed by atoms with van der Waals surface area (Å²) in [5.41, 5.74) is 0.769. The van der Waals surface area contributed by atoms with Gasteiger partial charge in [-0.05, 0) is 17.7 Å². The van der Waals surface area contributed by atoms with Crippen LogP contribution in [-0.4, -0.2) is 18.4 Å². The molecule has 0 bridgehead atoms. The van der Waals surface area contributed by atoms with Gasteiger partial charge in [-0.1, -0.05) is 0 Å². The Balaban J connectivity index is 2.48. The molecule has 17 heavy (non-hydrogen) atoms. The summed E-state index contributed by atoms with van der Waals surface area (Å²) in [7, 11) is 0. The van der Waals surface area contributed by atoms with Gasteiger partial charge in [-0.25, -0.2) is 5.48 Å². The Morgan fingerprint density at radius 2 is 1.76 bits per heavy atom. The molecular formula is C10H10F3NO3. The van der Waals surface area contributed by atoms with Crippen LogP contribution in [0.5, 0.6) is 11.5 Å². The van der Waals surface area contributed by atoms with E-state index in [2.05, 4.69) is 0 Å². The van der Waals surface area contributed by atoms with E-state index in [1.54, 1.807) is 5.48 Å². The summed E-state index contributed by atoms with van der Waals surface area (Å²) in [6.07, 6.45) is -4.50. The largest absolute Gasteiger partial charge is 0.486 e. The number of rotatable bonds is 2. The van der Waals surface area contributed by atoms with Crippen LogP contribution < -0.4 is 15.0 Å². The first-order chi connectivity index (χ1) is 8.02. The van der Waals surface area contributed by atoms with Crippen LogP contribution in [0.2, 0.25) is 0 Å². The Morgan fingerprint density at radius 3 is 2.29 bits per heavy atom. The predicted octanol–water partition coefficient (Wildman–Crippen LogP) is 1.96. The lowest BCUT2D eigenvalue weighted by atomic mass is 10.1. The van der Waals surface area contributed by atoms with Crippen molar-refractivity contribution in [2.75, 3.05) is 13.2 Å². The van der Waals surface area contributed by atoms with E-state index in [0.717, 1.165) is 6.07 Å². The van der Waals surface area contributed by atoms with Crippen molar-refractivity contribution in [2.45, 2.75) is 12.7 Å². The molecule has 0 amide bonds. The molecule has 0 spiro atoms. The highest BCUT2D eigenvalue weighted by atomic mass is 19.4. The molecule has 1 aliphatic heterocycles. The lowest BCUT2D eigenvalue weighted by molar-refractivity contribution is -0.138. The van der Waals surface area contributed by atoms with Gasteiger partial charge in [0.05, 0.1) is 5.56 Å². The molecule has 0 unspecified atom stereocenters. The molecule has 0 fully saturated rings. The van der Waals surface area contributed by atoms with Crippen molar-refractivity contribution in [3.8, 4) is 11.5 Å². The van der Waals surface area contributed by atoms with Crippen LogP contribution in [-0.2, 0) is 12.7 Å². The van der Waals surface area contributed by atoms with Gasteiger partial charge in [-0.3, -0.25) is 0 Å². The third-order valence-corrected chi connectivity index (χ3v) is 2.34. The summed E-state index contributed by atoms with van der Waals surface area (Å²) >= 11 is 0. The van der Waals surface area contributed by atoms with E-state index < -0.39 is 11.7 Å². The van der Waals surface area contributed by atoms with E-state index in [9.17, 15) is 13.2 Å². The summed E-state index contributed by atoms with van der Waals surface area (Å²) in [6.45, 7) is 0.206. The first kappa shape index (κ1) is 12.0. The Labute approximate surface area is 94.9 Å². The summed E-state index contributed by atoms with van der Waals surface area (Å²) < 4.78 is 48.5. The molecule has 1 heterocycles. The maximum Gasteiger partial charge on any atom is 0.416 e. The van der Waals surface area contributed by atoms with Crippen LogP contribution >= 0.6 is 0 Å². The number of benzene rings is 1. The monoisotopic (exact) mass is 249 g/mol. The second-order valence-electron chi connectivity index (χ2n) is 3.49. The van der Waals surface area contributed by atoms with Crippen LogP contribution in [0.4, 0.5) is 13.2 Å². The highest BCUT2D eigenvalue weighted by Crippen LogP contribution is 2.40. The van der Waals surface area contributed by atoms with Crippen molar-refractivity contribution in [3.63, 3.8) is 0 Å². The minimum absolute atomic E-state index is 0.0743. The number of hydrogen-bond acceptors (Lipinski definition) is 4. The number of halogens is 3. The standard InChI is InChI=1S/C10H10F3NO3/c11-10(12,13)7-4-9-8(16-1-2-17-9)3-6(7)5-14-15/h3-4,14-15H,1-2,5H2. The number of ether oxygens (including phenoxy) is 2. The quantitative estimate of drug-likeness (QED) is 0.786. The van der Waals surface area contributed by atoms with E-state index in [4.69, 9.17) is 14.7 Å². The van der Waals surface area contributed by atoms with Crippen molar-refractivity contribution in [1.82, 2.24) is 5.48 Å². The number of nitrogens with one attached hydrogen (secondary N) is 1. The van der Waals surface area contributed by atoms with E-state index >= 15 is 0 Å². The zero-order valence-corrected chi connectivity index (χ0v) is 8.67. The lowest BCUT2D eigenvalue weighted by Gasteiger charge is -2.21. The van der Waals surface area contributed by atoms with Crippen LogP contribution in [0.1, 0.15) is 11.1 Å². The van der Waals surface area contributed by atoms with Crippen molar-refractivity contribution in [1.29, 1.82) is 0 Å². The normalized spacial score (nSPS) is 14.8. The number of hydrogen-bond donors (Lipinski definition) is 2. The van der Waals surface area contributed by atoms with Gasteiger partial charge < -0.3 is 14.7 Å². The minimum atomic E-state index is -4.50. The molecule has 0 saturated heterocycles. The average molecular weight is 249 g/mol. The first-order valence-corrected chi connectivity index (χ1v) is 4.89. The first-order valence-electron chi connectivity index (χ1n) is 4.89. The second kappa shape index (κ2) is 4.42. The lowest BCUT2D eigenvalue weighted by Crippen LogP contribution is -2.19. The summed E-state index contributed by atoms with van der Waals surface area (Å²) in [4.78, 5) is 0. The van der Waals surface area contributed by atoms with Crippen LogP contribution in [0.15, 0.2) is 12.1 Å². The van der Waals surface area contributed by atoms with Gasteiger partial charge in [0.15, 0.2) is 11.5 Å². The molecule has 2 N–H and O–H groups in total. The average Bonchev–Trinajstić information content (AvgIpc) is 2.27. The molecule has 4 nitrogen and oxygen atoms in total. The van der Waals surface area contributed by atoms with Gasteiger partial charge in [-0.15, -0.1) is 0 Å². The summed E-state index contributed by atoms with van der Waals surface area (Å²) in [5, 5.41) is 8.52. The predicted molar refractivity (Wildman–Crippen MR) is 51.1 cm³/mol. The molecule has 0 atom stereocenters. The molecule has 2 rings (SSSR count). The third-order valence-electron chi connectivity index (χ3n) is 2.34. The zero-order chi connectivity index (χ0) is 12.5. The van der Waals surface area contributed by atoms with Gasteiger partial charge >= 0.3 is 6.18 Å². The summed E-state index contributed by atoms with van der Waals surface area (Å²) in [6, 6.07) is 2.11. The molecule has 0 saturated carbocycles. The molecule has 7 heteroatoms. The van der Waals surface area contributed by atoms with Crippen LogP contribution in [0, 0.1) is 0 Å². The van der Waals surface area contributed by atoms with Gasteiger partial charge in [-0.2, -0.15) is 13.2 Å². The van der Waals surface area contributed by atoms with E-state index in [1.165, 1.54) is 6.07 Å². The number of alkyl halides is 3. The topological polar surface area (TPSA) is 50.7 Å². The Hall–Kier alpha value is -1.47. The Morgan fingerprint density at radius 1 is 1.18 bits per heavy atom. The van der Waals surface area contributed by atoms with Gasteiger partial charge in [0.25, 0.3) is 0 Å². The minimum Gasteiger partial charge on any atom is -0.486 e. The van der Waals surface area contributed by atoms with E-state index in [1.807, 2.05) is 0 Å². The fourth-order valence-electron chi connectivity index (χ4n) is 1.63. The number of fused-ring (bicyclic) bond motifs is 1. The van der Waals surface area contributed by atoms with Gasteiger partial charge in [0, 0.05) is 6.54 Å². The summed E-state index contributed by atoms with van der Waals surface area (Å²) in [5.74, 6) is 0.333. The Bertz CT molecular complexity index is 420. The van der Waals surface area contributed by atoms with Gasteiger partial charge in [0.1, 0.15) is 13.2 Å². The molecule has 1 aliphatic rings. The Kier molecular flexibility index (Phi) is 3.12. The van der Waals surface area contributed by atoms with E-state index in [-0.39, 0.29) is 30.2 Å². The molecule has 0 aromatic heterocycles. The smallest absolute Gasteiger partial charge is 0.416 e. The number of hydroxylamine groups is 1. The van der Waals surface area contributed by atoms with Crippen LogP contribution in [0.25, 0.3) is 0 Å². The molecule has 0 aliphatic carbocycles. The zero-order valence-electron chi connectivity index (χ0n) is 8.67. The highest BCUT2D eigenvalue weighted by molar-refractivity contribution is 5.49. The molecular weight excluding hydrogens is 239 g/mol. The fourth-order valence-corrected chi connectivity index (χ4v) is 1.63. The SMILES string of the molecule is ONCc1cc2c(cc1C(F)(F)F)OCCO2. The highest BCUT2D eigenvalue weighted by Gasteiger charge is 2.35. The molecule has 0 radical (unpaired) electrons. The van der Waals surface area contributed by atoms with Gasteiger partial charge in [0.2, 0.25) is 0 Å². The van der Waals surface area contributed by atoms with Crippen molar-refractivity contribution >= 4 is 0 Å². The van der Waals surface area contributed by atoms with Crippen molar-refractivity contribution in [2.24, 2.45) is 0 Å². The van der Waals surface area contributed by atoms with Crippen LogP contribution in [0.3, 0.4) is 0 Å². The third kappa shape index (κ3) is 2.45. The van der Waals surface area contributed by atoms with Crippen molar-refractivity contribution < 1.29 is 27.9 Å². The maximum absolute atomic E-state index is 12.7.